The normalized spacial score (nSPS) is 16.5. The predicted molar refractivity (Wildman–Crippen MR) is 87.6 cm³/mol. The minimum Gasteiger partial charge on any atom is -0.388 e. The molecule has 1 fully saturated rings. The summed E-state index contributed by atoms with van der Waals surface area (Å²) in [5.74, 6) is 0.662. The van der Waals surface area contributed by atoms with Crippen LogP contribution in [0.4, 0.5) is 0 Å². The first kappa shape index (κ1) is 14.3. The summed E-state index contributed by atoms with van der Waals surface area (Å²) in [5, 5.41) is 10.7. The maximum absolute atomic E-state index is 10.7. The topological polar surface area (TPSA) is 20.2 Å². The second-order valence-electron chi connectivity index (χ2n) is 6.41. The van der Waals surface area contributed by atoms with Crippen LogP contribution in [0.3, 0.4) is 0 Å². The molecule has 0 spiro atoms. The number of hydrogen-bond donors (Lipinski definition) is 1. The molecule has 0 aromatic heterocycles. The molecule has 3 rings (SSSR count). The van der Waals surface area contributed by atoms with Crippen LogP contribution in [-0.2, 0) is 6.42 Å². The summed E-state index contributed by atoms with van der Waals surface area (Å²) in [7, 11) is 0. The van der Waals surface area contributed by atoms with E-state index in [0.29, 0.717) is 12.3 Å². The molecule has 1 atom stereocenters. The van der Waals surface area contributed by atoms with Gasteiger partial charge in [-0.1, -0.05) is 54.4 Å². The van der Waals surface area contributed by atoms with Crippen molar-refractivity contribution >= 4 is 0 Å². The zero-order valence-electron chi connectivity index (χ0n) is 13.0. The van der Waals surface area contributed by atoms with Gasteiger partial charge in [-0.25, -0.2) is 0 Å². The lowest BCUT2D eigenvalue weighted by atomic mass is 9.77. The second-order valence-corrected chi connectivity index (χ2v) is 6.41. The molecule has 0 bridgehead atoms. The maximum atomic E-state index is 10.7. The van der Waals surface area contributed by atoms with Crippen LogP contribution in [0.5, 0.6) is 0 Å². The van der Waals surface area contributed by atoms with Crippen LogP contribution in [0.2, 0.25) is 0 Å². The number of aryl methyl sites for hydroxylation is 2. The first-order valence-electron chi connectivity index (χ1n) is 7.98. The zero-order valence-corrected chi connectivity index (χ0v) is 13.0. The van der Waals surface area contributed by atoms with E-state index in [1.54, 1.807) is 0 Å². The van der Waals surface area contributed by atoms with E-state index in [0.717, 1.165) is 5.56 Å². The molecule has 1 nitrogen and oxygen atoms in total. The number of aliphatic hydroxyl groups excluding tert-OH is 1. The summed E-state index contributed by atoms with van der Waals surface area (Å²) in [6.07, 6.45) is 4.17. The average Bonchev–Trinajstić information content (AvgIpc) is 2.41. The van der Waals surface area contributed by atoms with E-state index < -0.39 is 6.10 Å². The summed E-state index contributed by atoms with van der Waals surface area (Å²) >= 11 is 0. The third-order valence-corrected chi connectivity index (χ3v) is 4.82. The van der Waals surface area contributed by atoms with Crippen molar-refractivity contribution < 1.29 is 5.11 Å². The van der Waals surface area contributed by atoms with Gasteiger partial charge in [0, 0.05) is 6.42 Å². The maximum Gasteiger partial charge on any atom is 0.0833 e. The molecule has 21 heavy (non-hydrogen) atoms. The quantitative estimate of drug-likeness (QED) is 0.849. The summed E-state index contributed by atoms with van der Waals surface area (Å²) in [6, 6.07) is 14.9. The lowest BCUT2D eigenvalue weighted by Gasteiger charge is -2.29. The molecule has 110 valence electrons. The Kier molecular flexibility index (Phi) is 4.12. The second kappa shape index (κ2) is 6.03. The van der Waals surface area contributed by atoms with Crippen molar-refractivity contribution in [2.24, 2.45) is 0 Å². The van der Waals surface area contributed by atoms with Crippen LogP contribution < -0.4 is 0 Å². The molecule has 0 aliphatic heterocycles. The first-order valence-corrected chi connectivity index (χ1v) is 7.98. The predicted octanol–water partition coefficient (Wildman–Crippen LogP) is 4.85. The fraction of sp³-hybridized carbons (Fsp3) is 0.400. The largest absolute Gasteiger partial charge is 0.388 e. The molecule has 1 N–H and O–H groups in total. The highest BCUT2D eigenvalue weighted by atomic mass is 16.3. The third kappa shape index (κ3) is 3.03. The van der Waals surface area contributed by atoms with Gasteiger partial charge < -0.3 is 5.11 Å². The Balaban J connectivity index is 1.85. The smallest absolute Gasteiger partial charge is 0.0833 e. The summed E-state index contributed by atoms with van der Waals surface area (Å²) in [6.45, 7) is 4.23. The number of rotatable bonds is 4. The van der Waals surface area contributed by atoms with Crippen LogP contribution in [0.1, 0.15) is 59.1 Å². The Hall–Kier alpha value is -1.60. The van der Waals surface area contributed by atoms with E-state index in [1.165, 1.54) is 41.5 Å². The summed E-state index contributed by atoms with van der Waals surface area (Å²) in [5.41, 5.74) is 6.27. The highest BCUT2D eigenvalue weighted by Crippen LogP contribution is 2.40. The highest BCUT2D eigenvalue weighted by molar-refractivity contribution is 5.36. The van der Waals surface area contributed by atoms with E-state index in [1.807, 2.05) is 6.07 Å². The molecular weight excluding hydrogens is 256 g/mol. The lowest BCUT2D eigenvalue weighted by Crippen LogP contribution is -2.14. The summed E-state index contributed by atoms with van der Waals surface area (Å²) in [4.78, 5) is 0. The minimum absolute atomic E-state index is 0.401. The van der Waals surface area contributed by atoms with E-state index >= 15 is 0 Å². The van der Waals surface area contributed by atoms with E-state index in [2.05, 4.69) is 50.2 Å². The van der Waals surface area contributed by atoms with Gasteiger partial charge in [0.1, 0.15) is 0 Å². The molecular formula is C20H24O. The molecule has 0 heterocycles. The molecule has 1 heteroatoms. The van der Waals surface area contributed by atoms with Crippen LogP contribution in [0, 0.1) is 13.8 Å². The SMILES string of the molecule is Cc1ccc(C)c(CC(O)c2ccccc2C2CCC2)c1. The molecule has 0 amide bonds. The zero-order chi connectivity index (χ0) is 14.8. The van der Waals surface area contributed by atoms with Gasteiger partial charge in [-0.05, 0) is 54.9 Å². The van der Waals surface area contributed by atoms with Crippen LogP contribution in [0.15, 0.2) is 42.5 Å². The molecule has 1 aliphatic carbocycles. The van der Waals surface area contributed by atoms with Crippen LogP contribution in [0.25, 0.3) is 0 Å². The van der Waals surface area contributed by atoms with Gasteiger partial charge in [-0.2, -0.15) is 0 Å². The van der Waals surface area contributed by atoms with Crippen molar-refractivity contribution in [3.8, 4) is 0 Å². The third-order valence-electron chi connectivity index (χ3n) is 4.82. The van der Waals surface area contributed by atoms with Crippen molar-refractivity contribution in [1.82, 2.24) is 0 Å². The van der Waals surface area contributed by atoms with E-state index in [-0.39, 0.29) is 0 Å². The van der Waals surface area contributed by atoms with Gasteiger partial charge in [0.25, 0.3) is 0 Å². The minimum atomic E-state index is -0.401. The monoisotopic (exact) mass is 280 g/mol. The standard InChI is InChI=1S/C20H24O/c1-14-10-11-15(2)17(12-14)13-20(21)19-9-4-3-8-18(19)16-6-5-7-16/h3-4,8-12,16,20-21H,5-7,13H2,1-2H3. The highest BCUT2D eigenvalue weighted by Gasteiger charge is 2.24. The van der Waals surface area contributed by atoms with Gasteiger partial charge >= 0.3 is 0 Å². The summed E-state index contributed by atoms with van der Waals surface area (Å²) < 4.78 is 0. The Bertz CT molecular complexity index is 625. The number of hydrogen-bond acceptors (Lipinski definition) is 1. The Morgan fingerprint density at radius 3 is 2.57 bits per heavy atom. The fourth-order valence-corrected chi connectivity index (χ4v) is 3.24. The molecule has 1 saturated carbocycles. The van der Waals surface area contributed by atoms with Crippen molar-refractivity contribution in [1.29, 1.82) is 0 Å². The molecule has 1 unspecified atom stereocenters. The van der Waals surface area contributed by atoms with E-state index in [4.69, 9.17) is 0 Å². The van der Waals surface area contributed by atoms with E-state index in [9.17, 15) is 5.11 Å². The molecule has 2 aromatic carbocycles. The van der Waals surface area contributed by atoms with Gasteiger partial charge in [-0.3, -0.25) is 0 Å². The lowest BCUT2D eigenvalue weighted by molar-refractivity contribution is 0.175. The van der Waals surface area contributed by atoms with Gasteiger partial charge in [0.2, 0.25) is 0 Å². The Labute approximate surface area is 127 Å². The average molecular weight is 280 g/mol. The van der Waals surface area contributed by atoms with Crippen molar-refractivity contribution in [2.45, 2.75) is 51.6 Å². The molecule has 2 aromatic rings. The molecule has 0 radical (unpaired) electrons. The van der Waals surface area contributed by atoms with Crippen LogP contribution >= 0.6 is 0 Å². The Morgan fingerprint density at radius 1 is 1.10 bits per heavy atom. The van der Waals surface area contributed by atoms with Gasteiger partial charge in [0.15, 0.2) is 0 Å². The van der Waals surface area contributed by atoms with Crippen LogP contribution in [-0.4, -0.2) is 5.11 Å². The van der Waals surface area contributed by atoms with Crippen molar-refractivity contribution in [2.75, 3.05) is 0 Å². The van der Waals surface area contributed by atoms with Crippen molar-refractivity contribution in [3.05, 3.63) is 70.3 Å². The first-order chi connectivity index (χ1) is 10.1. The van der Waals surface area contributed by atoms with Gasteiger partial charge in [-0.15, -0.1) is 0 Å². The number of aliphatic hydroxyl groups is 1. The molecule has 1 aliphatic rings. The number of benzene rings is 2. The Morgan fingerprint density at radius 2 is 1.86 bits per heavy atom. The fourth-order valence-electron chi connectivity index (χ4n) is 3.24. The van der Waals surface area contributed by atoms with Crippen molar-refractivity contribution in [3.63, 3.8) is 0 Å². The molecule has 0 saturated heterocycles. The van der Waals surface area contributed by atoms with Gasteiger partial charge in [0.05, 0.1) is 6.10 Å².